The third-order valence-electron chi connectivity index (χ3n) is 5.92. The van der Waals surface area contributed by atoms with Crippen molar-refractivity contribution in [2.24, 2.45) is 0 Å². The fourth-order valence-electron chi connectivity index (χ4n) is 4.06. The number of aromatic nitrogens is 1. The van der Waals surface area contributed by atoms with E-state index in [0.717, 1.165) is 48.3 Å². The first-order valence-electron chi connectivity index (χ1n) is 11.0. The molecule has 0 bridgehead atoms. The zero-order chi connectivity index (χ0) is 22.7. The van der Waals surface area contributed by atoms with Crippen molar-refractivity contribution in [1.29, 1.82) is 0 Å². The van der Waals surface area contributed by atoms with Crippen LogP contribution in [0.2, 0.25) is 0 Å². The molecule has 0 atom stereocenters. The number of amides is 1. The number of carbonyl (C=O) groups excluding carboxylic acids is 1. The normalized spacial score (nSPS) is 15.1. The van der Waals surface area contributed by atoms with Crippen molar-refractivity contribution < 1.29 is 17.9 Å². The second kappa shape index (κ2) is 9.24. The van der Waals surface area contributed by atoms with Crippen LogP contribution in [-0.2, 0) is 9.84 Å². The van der Waals surface area contributed by atoms with E-state index in [-0.39, 0.29) is 17.7 Å². The molecule has 32 heavy (non-hydrogen) atoms. The zero-order valence-corrected chi connectivity index (χ0v) is 19.2. The Labute approximate surface area is 188 Å². The Balaban J connectivity index is 1.34. The molecule has 8 heteroatoms. The zero-order valence-electron chi connectivity index (χ0n) is 18.4. The number of fused-ring (bicyclic) bond motifs is 1. The molecule has 2 aromatic carbocycles. The third-order valence-corrected chi connectivity index (χ3v) is 7.67. The standard InChI is InChI=1S/C24H29N3O4S/c1-3-31-20-8-5-17-15-23(26-22(17)16-20)24(28)25-18-11-13-27(14-12-18)19-6-9-21(10-7-19)32(29,30)4-2/h5-10,15-16,18,26H,3-4,11-14H2,1-2H3,(H,25,28). The van der Waals surface area contributed by atoms with E-state index in [0.29, 0.717) is 17.2 Å². The summed E-state index contributed by atoms with van der Waals surface area (Å²) in [6.07, 6.45) is 1.66. The van der Waals surface area contributed by atoms with E-state index in [1.54, 1.807) is 19.1 Å². The average Bonchev–Trinajstić information content (AvgIpc) is 3.24. The SMILES string of the molecule is CCOc1ccc2cc(C(=O)NC3CCN(c4ccc(S(=O)(=O)CC)cc4)CC3)[nH]c2c1. The van der Waals surface area contributed by atoms with Crippen LogP contribution in [0.25, 0.3) is 10.9 Å². The minimum absolute atomic E-state index is 0.0987. The molecule has 1 aliphatic rings. The smallest absolute Gasteiger partial charge is 0.267 e. The number of hydrogen-bond donors (Lipinski definition) is 2. The second-order valence-corrected chi connectivity index (χ2v) is 10.3. The van der Waals surface area contributed by atoms with Gasteiger partial charge in [-0.1, -0.05) is 6.92 Å². The van der Waals surface area contributed by atoms with Crippen molar-refractivity contribution in [2.75, 3.05) is 30.3 Å². The van der Waals surface area contributed by atoms with Gasteiger partial charge in [-0.05, 0) is 62.2 Å². The van der Waals surface area contributed by atoms with Crippen LogP contribution in [0.4, 0.5) is 5.69 Å². The van der Waals surface area contributed by atoms with E-state index in [1.807, 2.05) is 43.3 Å². The van der Waals surface area contributed by atoms with Gasteiger partial charge in [0.05, 0.1) is 17.3 Å². The van der Waals surface area contributed by atoms with E-state index < -0.39 is 9.84 Å². The molecule has 170 valence electrons. The number of sulfone groups is 1. The van der Waals surface area contributed by atoms with Gasteiger partial charge in [0.15, 0.2) is 9.84 Å². The van der Waals surface area contributed by atoms with Crippen LogP contribution < -0.4 is 15.0 Å². The second-order valence-electron chi connectivity index (χ2n) is 8.00. The number of rotatable bonds is 7. The van der Waals surface area contributed by atoms with E-state index in [1.165, 1.54) is 0 Å². The number of piperidine rings is 1. The summed E-state index contributed by atoms with van der Waals surface area (Å²) in [7, 11) is -3.19. The minimum atomic E-state index is -3.19. The van der Waals surface area contributed by atoms with Gasteiger partial charge in [0.2, 0.25) is 0 Å². The number of H-pyrrole nitrogens is 1. The molecule has 0 saturated carbocycles. The monoisotopic (exact) mass is 455 g/mol. The number of nitrogens with zero attached hydrogens (tertiary/aromatic N) is 1. The fraction of sp³-hybridized carbons (Fsp3) is 0.375. The lowest BCUT2D eigenvalue weighted by atomic mass is 10.0. The fourth-order valence-corrected chi connectivity index (χ4v) is 4.95. The van der Waals surface area contributed by atoms with Gasteiger partial charge in [-0.15, -0.1) is 0 Å². The Morgan fingerprint density at radius 3 is 2.47 bits per heavy atom. The molecule has 0 unspecified atom stereocenters. The highest BCUT2D eigenvalue weighted by atomic mass is 32.2. The molecular weight excluding hydrogens is 426 g/mol. The van der Waals surface area contributed by atoms with Crippen molar-refractivity contribution in [2.45, 2.75) is 37.6 Å². The summed E-state index contributed by atoms with van der Waals surface area (Å²) in [5, 5.41) is 4.11. The molecule has 0 spiro atoms. The summed E-state index contributed by atoms with van der Waals surface area (Å²) >= 11 is 0. The van der Waals surface area contributed by atoms with Crippen LogP contribution in [-0.4, -0.2) is 50.8 Å². The van der Waals surface area contributed by atoms with Gasteiger partial charge >= 0.3 is 0 Å². The minimum Gasteiger partial charge on any atom is -0.494 e. The first-order chi connectivity index (χ1) is 15.4. The Morgan fingerprint density at radius 2 is 1.81 bits per heavy atom. The quantitative estimate of drug-likeness (QED) is 0.566. The Morgan fingerprint density at radius 1 is 1.09 bits per heavy atom. The van der Waals surface area contributed by atoms with E-state index in [4.69, 9.17) is 4.74 Å². The molecule has 1 saturated heterocycles. The molecule has 1 aliphatic heterocycles. The van der Waals surface area contributed by atoms with E-state index in [2.05, 4.69) is 15.2 Å². The third kappa shape index (κ3) is 4.75. The highest BCUT2D eigenvalue weighted by molar-refractivity contribution is 7.91. The van der Waals surface area contributed by atoms with Gasteiger partial charge in [0, 0.05) is 41.8 Å². The maximum atomic E-state index is 12.8. The average molecular weight is 456 g/mol. The van der Waals surface area contributed by atoms with Gasteiger partial charge in [-0.2, -0.15) is 0 Å². The molecule has 1 fully saturated rings. The lowest BCUT2D eigenvalue weighted by molar-refractivity contribution is 0.0927. The van der Waals surface area contributed by atoms with Gasteiger partial charge in [-0.25, -0.2) is 8.42 Å². The topological polar surface area (TPSA) is 91.5 Å². The molecule has 1 amide bonds. The van der Waals surface area contributed by atoms with Crippen LogP contribution in [0, 0.1) is 0 Å². The summed E-state index contributed by atoms with van der Waals surface area (Å²) in [5.74, 6) is 0.773. The highest BCUT2D eigenvalue weighted by Crippen LogP contribution is 2.24. The molecular formula is C24H29N3O4S. The van der Waals surface area contributed by atoms with Gasteiger partial charge in [0.1, 0.15) is 11.4 Å². The number of benzene rings is 2. The van der Waals surface area contributed by atoms with Gasteiger partial charge < -0.3 is 19.9 Å². The van der Waals surface area contributed by atoms with Crippen molar-refractivity contribution in [3.8, 4) is 5.75 Å². The molecule has 0 aliphatic carbocycles. The molecule has 3 aromatic rings. The first-order valence-corrected chi connectivity index (χ1v) is 12.7. The Kier molecular flexibility index (Phi) is 6.41. The first kappa shape index (κ1) is 22.2. The number of hydrogen-bond acceptors (Lipinski definition) is 5. The number of anilines is 1. The van der Waals surface area contributed by atoms with E-state index in [9.17, 15) is 13.2 Å². The molecule has 0 radical (unpaired) electrons. The maximum absolute atomic E-state index is 12.8. The van der Waals surface area contributed by atoms with Gasteiger partial charge in [0.25, 0.3) is 5.91 Å². The number of nitrogens with one attached hydrogen (secondary N) is 2. The predicted octanol–water partition coefficient (Wildman–Crippen LogP) is 3.76. The van der Waals surface area contributed by atoms with Crippen LogP contribution in [0.3, 0.4) is 0 Å². The van der Waals surface area contributed by atoms with Crippen LogP contribution in [0.1, 0.15) is 37.2 Å². The highest BCUT2D eigenvalue weighted by Gasteiger charge is 2.22. The summed E-state index contributed by atoms with van der Waals surface area (Å²) < 4.78 is 29.5. The maximum Gasteiger partial charge on any atom is 0.267 e. The largest absolute Gasteiger partial charge is 0.494 e. The lowest BCUT2D eigenvalue weighted by Crippen LogP contribution is -2.44. The van der Waals surface area contributed by atoms with E-state index >= 15 is 0 Å². The van der Waals surface area contributed by atoms with Crippen LogP contribution in [0.5, 0.6) is 5.75 Å². The van der Waals surface area contributed by atoms with Crippen LogP contribution in [0.15, 0.2) is 53.4 Å². The molecule has 4 rings (SSSR count). The number of aromatic amines is 1. The van der Waals surface area contributed by atoms with Crippen LogP contribution >= 0.6 is 0 Å². The Hall–Kier alpha value is -3.00. The van der Waals surface area contributed by atoms with Gasteiger partial charge in [-0.3, -0.25) is 4.79 Å². The number of carbonyl (C=O) groups is 1. The summed E-state index contributed by atoms with van der Waals surface area (Å²) in [5.41, 5.74) is 2.43. The molecule has 1 aromatic heterocycles. The van der Waals surface area contributed by atoms with Crippen molar-refractivity contribution in [1.82, 2.24) is 10.3 Å². The summed E-state index contributed by atoms with van der Waals surface area (Å²) in [6.45, 7) is 5.79. The summed E-state index contributed by atoms with van der Waals surface area (Å²) in [4.78, 5) is 18.5. The van der Waals surface area contributed by atoms with Crippen molar-refractivity contribution in [3.63, 3.8) is 0 Å². The lowest BCUT2D eigenvalue weighted by Gasteiger charge is -2.34. The molecule has 2 N–H and O–H groups in total. The van der Waals surface area contributed by atoms with Crippen molar-refractivity contribution in [3.05, 3.63) is 54.2 Å². The number of ether oxygens (including phenoxy) is 1. The predicted molar refractivity (Wildman–Crippen MR) is 126 cm³/mol. The Bertz CT molecular complexity index is 1190. The molecule has 7 nitrogen and oxygen atoms in total. The summed E-state index contributed by atoms with van der Waals surface area (Å²) in [6, 6.07) is 14.8. The molecule has 2 heterocycles. The van der Waals surface area contributed by atoms with Crippen molar-refractivity contribution >= 4 is 32.3 Å².